The first-order valence-corrected chi connectivity index (χ1v) is 13.2. The van der Waals surface area contributed by atoms with Gasteiger partial charge in [-0.05, 0) is 78.3 Å². The summed E-state index contributed by atoms with van der Waals surface area (Å²) in [6, 6.07) is 19.6. The van der Waals surface area contributed by atoms with Gasteiger partial charge in [0.1, 0.15) is 11.3 Å². The average molecular weight is 511 g/mol. The first-order valence-electron chi connectivity index (χ1n) is 13.2. The second-order valence-corrected chi connectivity index (χ2v) is 10.2. The van der Waals surface area contributed by atoms with E-state index in [4.69, 9.17) is 4.74 Å². The number of benzene rings is 3. The molecule has 1 atom stereocenters. The third-order valence-electron chi connectivity index (χ3n) is 7.62. The Balaban J connectivity index is 1.40. The topological polar surface area (TPSA) is 97.6 Å². The average Bonchev–Trinajstić information content (AvgIpc) is 3.34. The Morgan fingerprint density at radius 3 is 2.74 bits per heavy atom. The predicted molar refractivity (Wildman–Crippen MR) is 142 cm³/mol. The number of aryl methyl sites for hydroxylation is 1. The van der Waals surface area contributed by atoms with Crippen molar-refractivity contribution in [1.82, 2.24) is 19.9 Å². The van der Waals surface area contributed by atoms with Gasteiger partial charge in [0.25, 0.3) is 5.91 Å². The number of carboxylic acids is 1. The van der Waals surface area contributed by atoms with Crippen LogP contribution in [0.4, 0.5) is 0 Å². The smallest absolute Gasteiger partial charge is 0.304 e. The minimum absolute atomic E-state index is 0.0210. The molecule has 3 aliphatic rings. The minimum Gasteiger partial charge on any atom is -0.494 e. The number of carboxylic acid groups (broad SMARTS) is 1. The van der Waals surface area contributed by atoms with Gasteiger partial charge in [-0.15, -0.1) is 5.10 Å². The summed E-state index contributed by atoms with van der Waals surface area (Å²) in [6.45, 7) is 2.46. The van der Waals surface area contributed by atoms with Crippen molar-refractivity contribution in [2.24, 2.45) is 0 Å². The number of ether oxygens (including phenoxy) is 1. The fourth-order valence-electron chi connectivity index (χ4n) is 5.57. The van der Waals surface area contributed by atoms with E-state index in [-0.39, 0.29) is 18.2 Å². The SMILES string of the molecule is O=C(O)C[C@@H]1c2ccc3c(c2)CN(CC3)C(=O)c2cccc(c2)OCCCCCn2nnc3cc1ccc32. The lowest BCUT2D eigenvalue weighted by Crippen LogP contribution is -2.36. The highest BCUT2D eigenvalue weighted by atomic mass is 16.5. The molecule has 0 aliphatic carbocycles. The summed E-state index contributed by atoms with van der Waals surface area (Å²) in [6.07, 6.45) is 3.54. The van der Waals surface area contributed by atoms with Gasteiger partial charge in [0.05, 0.1) is 18.5 Å². The van der Waals surface area contributed by atoms with E-state index >= 15 is 0 Å². The molecule has 4 heterocycles. The van der Waals surface area contributed by atoms with Gasteiger partial charge >= 0.3 is 5.97 Å². The zero-order chi connectivity index (χ0) is 26.1. The van der Waals surface area contributed by atoms with Crippen LogP contribution in [-0.4, -0.2) is 50.0 Å². The molecule has 0 unspecified atom stereocenters. The van der Waals surface area contributed by atoms with E-state index in [1.807, 2.05) is 58.1 Å². The molecule has 1 N–H and O–H groups in total. The lowest BCUT2D eigenvalue weighted by atomic mass is 9.85. The van der Waals surface area contributed by atoms with E-state index in [2.05, 4.69) is 22.4 Å². The van der Waals surface area contributed by atoms with Gasteiger partial charge in [0, 0.05) is 31.1 Å². The number of hydrogen-bond donors (Lipinski definition) is 1. The second-order valence-electron chi connectivity index (χ2n) is 10.2. The molecule has 3 aliphatic heterocycles. The van der Waals surface area contributed by atoms with E-state index < -0.39 is 5.97 Å². The molecule has 0 fully saturated rings. The van der Waals surface area contributed by atoms with E-state index in [1.54, 1.807) is 0 Å². The first-order chi connectivity index (χ1) is 18.5. The van der Waals surface area contributed by atoms with Gasteiger partial charge in [0.15, 0.2) is 0 Å². The molecule has 0 saturated carbocycles. The quantitative estimate of drug-likeness (QED) is 0.416. The van der Waals surface area contributed by atoms with Crippen LogP contribution in [-0.2, 0) is 24.3 Å². The predicted octanol–water partition coefficient (Wildman–Crippen LogP) is 4.80. The summed E-state index contributed by atoms with van der Waals surface area (Å²) >= 11 is 0. The summed E-state index contributed by atoms with van der Waals surface area (Å²) in [5.74, 6) is -0.509. The number of fused-ring (bicyclic) bond motifs is 6. The van der Waals surface area contributed by atoms with Crippen LogP contribution >= 0.6 is 0 Å². The Morgan fingerprint density at radius 2 is 1.84 bits per heavy atom. The van der Waals surface area contributed by atoms with Gasteiger partial charge in [-0.25, -0.2) is 4.68 Å². The van der Waals surface area contributed by atoms with Crippen molar-refractivity contribution in [3.05, 3.63) is 88.5 Å². The van der Waals surface area contributed by atoms with Gasteiger partial charge in [-0.2, -0.15) is 0 Å². The molecular weight excluding hydrogens is 480 g/mol. The Kier molecular flexibility index (Phi) is 6.54. The Labute approximate surface area is 220 Å². The first kappa shape index (κ1) is 24.2. The van der Waals surface area contributed by atoms with Crippen molar-refractivity contribution in [1.29, 1.82) is 0 Å². The molecule has 3 aromatic carbocycles. The minimum atomic E-state index is -0.860. The molecule has 4 aromatic rings. The Hall–Kier alpha value is -4.20. The highest BCUT2D eigenvalue weighted by Crippen LogP contribution is 2.33. The fourth-order valence-corrected chi connectivity index (χ4v) is 5.57. The third kappa shape index (κ3) is 4.86. The number of amides is 1. The molecule has 8 heteroatoms. The molecule has 1 amide bonds. The fraction of sp³-hybridized carbons (Fsp3) is 0.333. The van der Waals surface area contributed by atoms with Crippen LogP contribution in [0, 0.1) is 0 Å². The van der Waals surface area contributed by atoms with Gasteiger partial charge in [-0.3, -0.25) is 9.59 Å². The molecule has 1 aromatic heterocycles. The van der Waals surface area contributed by atoms with Crippen LogP contribution in [0.15, 0.2) is 60.7 Å². The van der Waals surface area contributed by atoms with E-state index in [1.165, 1.54) is 5.56 Å². The normalized spacial score (nSPS) is 17.9. The van der Waals surface area contributed by atoms with Crippen molar-refractivity contribution < 1.29 is 19.4 Å². The maximum Gasteiger partial charge on any atom is 0.304 e. The van der Waals surface area contributed by atoms with Gasteiger partial charge in [0.2, 0.25) is 0 Å². The summed E-state index contributed by atoms with van der Waals surface area (Å²) in [4.78, 5) is 27.2. The van der Waals surface area contributed by atoms with E-state index in [0.29, 0.717) is 31.0 Å². The second kappa shape index (κ2) is 10.3. The van der Waals surface area contributed by atoms with Crippen molar-refractivity contribution in [3.63, 3.8) is 0 Å². The van der Waals surface area contributed by atoms with E-state index in [0.717, 1.165) is 60.0 Å². The van der Waals surface area contributed by atoms with Crippen molar-refractivity contribution >= 4 is 22.9 Å². The molecule has 7 rings (SSSR count). The molecule has 0 spiro atoms. The van der Waals surface area contributed by atoms with Crippen LogP contribution in [0.2, 0.25) is 0 Å². The number of aromatic nitrogens is 3. The highest BCUT2D eigenvalue weighted by Gasteiger charge is 2.25. The highest BCUT2D eigenvalue weighted by molar-refractivity contribution is 5.94. The zero-order valence-electron chi connectivity index (χ0n) is 21.2. The summed E-state index contributed by atoms with van der Waals surface area (Å²) < 4.78 is 7.87. The van der Waals surface area contributed by atoms with Crippen molar-refractivity contribution in [2.75, 3.05) is 13.2 Å². The number of aliphatic carboxylic acids is 1. The van der Waals surface area contributed by atoms with Crippen LogP contribution in [0.5, 0.6) is 5.75 Å². The van der Waals surface area contributed by atoms with Gasteiger partial charge < -0.3 is 14.7 Å². The lowest BCUT2D eigenvalue weighted by Gasteiger charge is -2.30. The molecule has 38 heavy (non-hydrogen) atoms. The number of nitrogens with zero attached hydrogens (tertiary/aromatic N) is 4. The largest absolute Gasteiger partial charge is 0.494 e. The van der Waals surface area contributed by atoms with E-state index in [9.17, 15) is 14.7 Å². The van der Waals surface area contributed by atoms with Crippen LogP contribution in [0.1, 0.15) is 64.2 Å². The van der Waals surface area contributed by atoms with Crippen molar-refractivity contribution in [3.8, 4) is 5.75 Å². The number of rotatable bonds is 2. The lowest BCUT2D eigenvalue weighted by molar-refractivity contribution is -0.137. The monoisotopic (exact) mass is 510 g/mol. The van der Waals surface area contributed by atoms with Crippen molar-refractivity contribution in [2.45, 2.75) is 51.1 Å². The van der Waals surface area contributed by atoms with Crippen LogP contribution in [0.3, 0.4) is 0 Å². The summed E-state index contributed by atoms with van der Waals surface area (Å²) in [5, 5.41) is 18.5. The molecular formula is C30H30N4O4. The van der Waals surface area contributed by atoms with Crippen LogP contribution < -0.4 is 4.74 Å². The third-order valence-corrected chi connectivity index (χ3v) is 7.62. The number of hydrogen-bond acceptors (Lipinski definition) is 5. The Morgan fingerprint density at radius 1 is 0.974 bits per heavy atom. The number of carbonyl (C=O) groups excluding carboxylic acids is 1. The van der Waals surface area contributed by atoms with Gasteiger partial charge in [-0.1, -0.05) is 35.5 Å². The standard InChI is InChI=1S/C30H30N4O4/c35-29(36)18-26-21-8-7-20-11-13-33(19-24(20)15-21)30(37)23-5-4-6-25(16-23)38-14-3-1-2-12-34-28-10-9-22(26)17-27(28)31-32-34/h4-10,15-17,26H,1-3,11-14,18-19H2,(H,35,36)/t26-/m1/s1. The molecule has 194 valence electrons. The summed E-state index contributed by atoms with van der Waals surface area (Å²) in [7, 11) is 0. The maximum atomic E-state index is 13.4. The Bertz CT molecular complexity index is 1510. The van der Waals surface area contributed by atoms with Crippen LogP contribution in [0.25, 0.3) is 11.0 Å². The molecule has 0 radical (unpaired) electrons. The number of carbonyl (C=O) groups is 2. The summed E-state index contributed by atoms with van der Waals surface area (Å²) in [5.41, 5.74) is 6.40. The molecule has 9 bridgehead atoms. The molecule has 0 saturated heterocycles. The maximum absolute atomic E-state index is 13.4. The zero-order valence-corrected chi connectivity index (χ0v) is 21.2. The molecule has 8 nitrogen and oxygen atoms in total.